The summed E-state index contributed by atoms with van der Waals surface area (Å²) in [5.41, 5.74) is 0.925. The van der Waals surface area contributed by atoms with Crippen molar-refractivity contribution in [3.63, 3.8) is 0 Å². The number of nitrogens with zero attached hydrogens (tertiary/aromatic N) is 3. The lowest BCUT2D eigenvalue weighted by Crippen LogP contribution is -2.12. The molecule has 1 amide bonds. The van der Waals surface area contributed by atoms with Crippen LogP contribution in [0.3, 0.4) is 0 Å². The highest BCUT2D eigenvalue weighted by molar-refractivity contribution is 7.09. The third kappa shape index (κ3) is 3.82. The highest BCUT2D eigenvalue weighted by atomic mass is 35.5. The van der Waals surface area contributed by atoms with Gasteiger partial charge in [-0.1, -0.05) is 11.6 Å². The summed E-state index contributed by atoms with van der Waals surface area (Å²) in [6, 6.07) is 6.80. The van der Waals surface area contributed by atoms with Gasteiger partial charge in [-0.3, -0.25) is 4.79 Å². The van der Waals surface area contributed by atoms with Crippen molar-refractivity contribution in [2.75, 3.05) is 5.32 Å². The minimum absolute atomic E-state index is 0.198. The summed E-state index contributed by atoms with van der Waals surface area (Å²) in [6.07, 6.45) is 3.14. The van der Waals surface area contributed by atoms with Crippen molar-refractivity contribution in [1.82, 2.24) is 15.0 Å². The zero-order valence-corrected chi connectivity index (χ0v) is 13.6. The molecule has 0 atom stereocenters. The number of carbonyl (C=O) groups is 1. The molecule has 23 heavy (non-hydrogen) atoms. The van der Waals surface area contributed by atoms with Gasteiger partial charge in [0.05, 0.1) is 10.0 Å². The zero-order chi connectivity index (χ0) is 16.2. The average Bonchev–Trinajstić information content (AvgIpc) is 2.98. The van der Waals surface area contributed by atoms with E-state index in [0.29, 0.717) is 22.2 Å². The Labute approximate surface area is 141 Å². The van der Waals surface area contributed by atoms with E-state index >= 15 is 0 Å². The predicted molar refractivity (Wildman–Crippen MR) is 88.4 cm³/mol. The molecule has 0 unspecified atom stereocenters. The highest BCUT2D eigenvalue weighted by Gasteiger charge is 2.11. The second-order valence-electron chi connectivity index (χ2n) is 4.48. The highest BCUT2D eigenvalue weighted by Crippen LogP contribution is 2.30. The van der Waals surface area contributed by atoms with Crippen LogP contribution in [0, 0.1) is 6.92 Å². The first-order chi connectivity index (χ1) is 11.1. The van der Waals surface area contributed by atoms with Crippen LogP contribution >= 0.6 is 22.9 Å². The number of carbonyl (C=O) groups excluding carboxylic acids is 1. The summed E-state index contributed by atoms with van der Waals surface area (Å²) in [5, 5.41) is 5.61. The maximum absolute atomic E-state index is 12.1. The third-order valence-corrected chi connectivity index (χ3v) is 3.85. The van der Waals surface area contributed by atoms with Crippen LogP contribution < -0.4 is 10.1 Å². The van der Waals surface area contributed by atoms with Gasteiger partial charge < -0.3 is 10.1 Å². The third-order valence-electron chi connectivity index (χ3n) is 2.78. The second-order valence-corrected chi connectivity index (χ2v) is 5.95. The Morgan fingerprint density at radius 1 is 1.30 bits per heavy atom. The first kappa shape index (κ1) is 15.4. The van der Waals surface area contributed by atoms with Crippen molar-refractivity contribution >= 4 is 34.5 Å². The molecule has 8 heteroatoms. The normalized spacial score (nSPS) is 10.3. The Morgan fingerprint density at radius 3 is 2.74 bits per heavy atom. The van der Waals surface area contributed by atoms with Crippen molar-refractivity contribution in [3.05, 3.63) is 57.8 Å². The van der Waals surface area contributed by atoms with E-state index in [-0.39, 0.29) is 11.9 Å². The molecule has 3 rings (SSSR count). The van der Waals surface area contributed by atoms with Crippen LogP contribution in [0.1, 0.15) is 15.5 Å². The van der Waals surface area contributed by atoms with Crippen molar-refractivity contribution in [2.24, 2.45) is 0 Å². The van der Waals surface area contributed by atoms with Crippen molar-refractivity contribution in [2.45, 2.75) is 6.92 Å². The van der Waals surface area contributed by atoms with Gasteiger partial charge in [0, 0.05) is 23.5 Å². The quantitative estimate of drug-likeness (QED) is 0.774. The molecular formula is C15H11ClN4O2S. The van der Waals surface area contributed by atoms with E-state index in [1.54, 1.807) is 42.0 Å². The van der Waals surface area contributed by atoms with Crippen LogP contribution in [0.25, 0.3) is 0 Å². The molecule has 0 spiro atoms. The van der Waals surface area contributed by atoms with Gasteiger partial charge in [-0.25, -0.2) is 15.0 Å². The maximum Gasteiger partial charge on any atom is 0.321 e. The number of thiazole rings is 1. The van der Waals surface area contributed by atoms with E-state index in [0.717, 1.165) is 5.01 Å². The number of ether oxygens (including phenoxy) is 1. The second kappa shape index (κ2) is 6.72. The van der Waals surface area contributed by atoms with Crippen LogP contribution in [-0.4, -0.2) is 20.9 Å². The Bertz CT molecular complexity index is 839. The summed E-state index contributed by atoms with van der Waals surface area (Å²) in [6.45, 7) is 1.84. The molecule has 1 N–H and O–H groups in total. The minimum atomic E-state index is -0.287. The van der Waals surface area contributed by atoms with E-state index < -0.39 is 0 Å². The van der Waals surface area contributed by atoms with Gasteiger partial charge in [0.1, 0.15) is 11.4 Å². The molecule has 3 aromatic rings. The van der Waals surface area contributed by atoms with Gasteiger partial charge in [-0.05, 0) is 31.2 Å². The van der Waals surface area contributed by atoms with Crippen molar-refractivity contribution in [1.29, 1.82) is 0 Å². The Morgan fingerprint density at radius 2 is 2.09 bits per heavy atom. The minimum Gasteiger partial charge on any atom is -0.423 e. The standard InChI is InChI=1S/C15H11ClN4O2S/c1-9-19-12(8-23-9)14(21)20-10-3-4-13(11(16)7-10)22-15-17-5-2-6-18-15/h2-8H,1H3,(H,20,21). The number of nitrogens with one attached hydrogen (secondary N) is 1. The molecule has 2 aromatic heterocycles. The lowest BCUT2D eigenvalue weighted by atomic mass is 10.3. The number of benzene rings is 1. The number of anilines is 1. The molecule has 0 aliphatic rings. The first-order valence-corrected chi connectivity index (χ1v) is 7.85. The molecule has 0 saturated carbocycles. The molecule has 116 valence electrons. The van der Waals surface area contributed by atoms with E-state index in [4.69, 9.17) is 16.3 Å². The lowest BCUT2D eigenvalue weighted by Gasteiger charge is -2.08. The molecule has 0 radical (unpaired) electrons. The van der Waals surface area contributed by atoms with Crippen LogP contribution in [0.4, 0.5) is 5.69 Å². The molecule has 2 heterocycles. The summed E-state index contributed by atoms with van der Waals surface area (Å²) < 4.78 is 5.48. The summed E-state index contributed by atoms with van der Waals surface area (Å²) in [5.74, 6) is 0.117. The first-order valence-electron chi connectivity index (χ1n) is 6.60. The molecule has 0 aliphatic heterocycles. The van der Waals surface area contributed by atoms with Crippen molar-refractivity contribution < 1.29 is 9.53 Å². The van der Waals surface area contributed by atoms with E-state index in [2.05, 4.69) is 20.3 Å². The fourth-order valence-electron chi connectivity index (χ4n) is 1.76. The van der Waals surface area contributed by atoms with Gasteiger partial charge in [0.25, 0.3) is 5.91 Å². The Kier molecular flexibility index (Phi) is 4.50. The van der Waals surface area contributed by atoms with Gasteiger partial charge in [-0.2, -0.15) is 0 Å². The summed E-state index contributed by atoms with van der Waals surface area (Å²) in [7, 11) is 0. The number of rotatable bonds is 4. The van der Waals surface area contributed by atoms with E-state index in [1.165, 1.54) is 11.3 Å². The SMILES string of the molecule is Cc1nc(C(=O)Nc2ccc(Oc3ncccn3)c(Cl)c2)cs1. The Hall–Kier alpha value is -2.51. The molecule has 0 aliphatic carbocycles. The summed E-state index contributed by atoms with van der Waals surface area (Å²) in [4.78, 5) is 24.1. The Balaban J connectivity index is 1.73. The predicted octanol–water partition coefficient (Wildman–Crippen LogP) is 3.94. The maximum atomic E-state index is 12.1. The monoisotopic (exact) mass is 346 g/mol. The molecule has 0 bridgehead atoms. The van der Waals surface area contributed by atoms with Crippen LogP contribution in [0.2, 0.25) is 5.02 Å². The molecule has 6 nitrogen and oxygen atoms in total. The van der Waals surface area contributed by atoms with Gasteiger partial charge in [-0.15, -0.1) is 11.3 Å². The number of halogens is 1. The molecule has 0 fully saturated rings. The van der Waals surface area contributed by atoms with Crippen molar-refractivity contribution in [3.8, 4) is 11.8 Å². The van der Waals surface area contributed by atoms with Crippen LogP contribution in [0.5, 0.6) is 11.8 Å². The zero-order valence-electron chi connectivity index (χ0n) is 12.0. The topological polar surface area (TPSA) is 77.0 Å². The number of aryl methyl sites for hydroxylation is 1. The van der Waals surface area contributed by atoms with E-state index in [9.17, 15) is 4.79 Å². The fourth-order valence-corrected chi connectivity index (χ4v) is 2.57. The number of amides is 1. The molecule has 1 aromatic carbocycles. The molecular weight excluding hydrogens is 336 g/mol. The van der Waals surface area contributed by atoms with Crippen LogP contribution in [0.15, 0.2) is 42.0 Å². The van der Waals surface area contributed by atoms with E-state index in [1.807, 2.05) is 6.92 Å². The fraction of sp³-hybridized carbons (Fsp3) is 0.0667. The number of hydrogen-bond donors (Lipinski definition) is 1. The molecule has 0 saturated heterocycles. The number of aromatic nitrogens is 3. The van der Waals surface area contributed by atoms with Crippen LogP contribution in [-0.2, 0) is 0 Å². The lowest BCUT2D eigenvalue weighted by molar-refractivity contribution is 0.102. The van der Waals surface area contributed by atoms with Gasteiger partial charge in [0.2, 0.25) is 0 Å². The largest absolute Gasteiger partial charge is 0.423 e. The van der Waals surface area contributed by atoms with Gasteiger partial charge >= 0.3 is 6.01 Å². The summed E-state index contributed by atoms with van der Waals surface area (Å²) >= 11 is 7.59. The van der Waals surface area contributed by atoms with Gasteiger partial charge in [0.15, 0.2) is 0 Å². The number of hydrogen-bond acceptors (Lipinski definition) is 6. The smallest absolute Gasteiger partial charge is 0.321 e. The average molecular weight is 347 g/mol.